The number of ketones is 1. The third-order valence-corrected chi connectivity index (χ3v) is 11.8. The Balaban J connectivity index is 1.96. The number of carbonyl (C=O) groups excluding carboxylic acids is 4. The molecular weight excluding hydrogens is 762 g/mol. The van der Waals surface area contributed by atoms with Gasteiger partial charge in [-0.25, -0.2) is 9.59 Å². The van der Waals surface area contributed by atoms with Crippen LogP contribution in [0.3, 0.4) is 0 Å². The lowest BCUT2D eigenvalue weighted by Gasteiger charge is -2.51. The molecule has 0 aromatic heterocycles. The number of cyclic esters (lactones) is 1. The second-order valence-corrected chi connectivity index (χ2v) is 16.7. The summed E-state index contributed by atoms with van der Waals surface area (Å²) in [6.07, 6.45) is 6.62. The van der Waals surface area contributed by atoms with E-state index in [0.29, 0.717) is 12.0 Å². The molecule has 2 aliphatic heterocycles. The maximum Gasteiger partial charge on any atom is 0.373 e. The summed E-state index contributed by atoms with van der Waals surface area (Å²) in [5.41, 5.74) is 1.53. The Morgan fingerprint density at radius 3 is 2.27 bits per heavy atom. The van der Waals surface area contributed by atoms with Gasteiger partial charge in [0, 0.05) is 69.3 Å². The van der Waals surface area contributed by atoms with Gasteiger partial charge in [0.05, 0.1) is 25.4 Å². The quantitative estimate of drug-likeness (QED) is 0.138. The summed E-state index contributed by atoms with van der Waals surface area (Å²) in [7, 11) is 4.29. The number of amides is 1. The number of rotatable bonds is 12. The highest BCUT2D eigenvalue weighted by Crippen LogP contribution is 2.44. The minimum atomic E-state index is -1.49. The number of Topliss-reactive ketones (excluding diaryl/α,β-unsaturated/α-hetero) is 1. The number of aliphatic hydroxyl groups is 3. The summed E-state index contributed by atoms with van der Waals surface area (Å²) in [5.74, 6) is -6.84. The van der Waals surface area contributed by atoms with Gasteiger partial charge in [0.25, 0.3) is 0 Å². The molecule has 3 aliphatic rings. The average molecular weight is 830 g/mol. The van der Waals surface area contributed by atoms with E-state index in [4.69, 9.17) is 28.4 Å². The fourth-order valence-electron chi connectivity index (χ4n) is 8.25. The summed E-state index contributed by atoms with van der Waals surface area (Å²) in [6.45, 7) is 17.0. The predicted octanol–water partition coefficient (Wildman–Crippen LogP) is 5.70. The van der Waals surface area contributed by atoms with Crippen molar-refractivity contribution in [1.29, 1.82) is 0 Å². The molecule has 2 heterocycles. The van der Waals surface area contributed by atoms with Gasteiger partial charge in [0.2, 0.25) is 11.7 Å². The third-order valence-electron chi connectivity index (χ3n) is 11.8. The second kappa shape index (κ2) is 22.0. The normalized spacial score (nSPS) is 35.1. The van der Waals surface area contributed by atoms with Crippen molar-refractivity contribution >= 4 is 23.6 Å². The molecule has 1 saturated heterocycles. The number of hydrogen-bond acceptors (Lipinski definition) is 13. The Kier molecular flexibility index (Phi) is 18.3. The van der Waals surface area contributed by atoms with E-state index in [1.54, 1.807) is 32.1 Å². The third kappa shape index (κ3) is 12.7. The molecule has 1 fully saturated rings. The molecule has 0 spiro atoms. The Morgan fingerprint density at radius 2 is 1.69 bits per heavy atom. The molecule has 59 heavy (non-hydrogen) atoms. The lowest BCUT2D eigenvalue weighted by Crippen LogP contribution is -2.60. The smallest absolute Gasteiger partial charge is 0.373 e. The fraction of sp³-hybridized carbons (Fsp3) is 0.644. The molecule has 1 amide bonds. The van der Waals surface area contributed by atoms with Crippen molar-refractivity contribution in [2.45, 2.75) is 130 Å². The highest BCUT2D eigenvalue weighted by atomic mass is 16.7. The molecule has 1 aliphatic carbocycles. The molecule has 0 bridgehead atoms. The predicted molar refractivity (Wildman–Crippen MR) is 220 cm³/mol. The van der Waals surface area contributed by atoms with Crippen LogP contribution in [-0.4, -0.2) is 103 Å². The molecule has 3 rings (SSSR count). The summed E-state index contributed by atoms with van der Waals surface area (Å²) in [4.78, 5) is 51.4. The van der Waals surface area contributed by atoms with Crippen LogP contribution >= 0.6 is 0 Å². The van der Waals surface area contributed by atoms with Gasteiger partial charge in [-0.1, -0.05) is 83.9 Å². The lowest BCUT2D eigenvalue weighted by atomic mass is 9.76. The molecule has 330 valence electrons. The van der Waals surface area contributed by atoms with E-state index in [1.165, 1.54) is 21.3 Å². The minimum Gasteiger partial charge on any atom is -0.510 e. The van der Waals surface area contributed by atoms with Crippen molar-refractivity contribution < 1.29 is 62.9 Å². The van der Waals surface area contributed by atoms with Crippen LogP contribution in [0.1, 0.15) is 88.0 Å². The van der Waals surface area contributed by atoms with Crippen molar-refractivity contribution in [2.24, 2.45) is 35.5 Å². The van der Waals surface area contributed by atoms with Gasteiger partial charge >= 0.3 is 11.9 Å². The van der Waals surface area contributed by atoms with Gasteiger partial charge in [-0.2, -0.15) is 0 Å². The first-order valence-electron chi connectivity index (χ1n) is 20.5. The van der Waals surface area contributed by atoms with Crippen molar-refractivity contribution in [3.8, 4) is 0 Å². The first-order valence-corrected chi connectivity index (χ1v) is 20.5. The largest absolute Gasteiger partial charge is 0.510 e. The number of carbonyl (C=O) groups is 4. The Morgan fingerprint density at radius 1 is 1.02 bits per heavy atom. The molecule has 0 unspecified atom stereocenters. The van der Waals surface area contributed by atoms with E-state index in [9.17, 15) is 34.5 Å². The number of hydrogen-bond donors (Lipinski definition) is 4. The Labute approximate surface area is 349 Å². The van der Waals surface area contributed by atoms with Crippen LogP contribution in [0.2, 0.25) is 0 Å². The summed E-state index contributed by atoms with van der Waals surface area (Å²) in [5, 5.41) is 35.5. The highest BCUT2D eigenvalue weighted by molar-refractivity contribution is 6.04. The standard InChI is InChI=1S/C45H67NO13/c1-24(2)42-29(7)36(57-38(50)19-18-37(49)46-39-32(47)16-17-33(39)48)23-45(56-12,59-42)31(9)41(52)30(8)43-34(54-10)15-13-14-25(3)20-27(5)40(51)28(6)21-26(4)22-35(55-11)44(53)58-43/h13-15,18-19,21-22,24,27-31,34,36,40-43,47,51-52H,16-17,20,23H2,1-12H3,(H,46,49)/b15-13+,19-18+,25-14+,26-21+,35-22-/t27-,28-,29+,30-,31+,34-,36-,40-,41+,42-,43+,45-/m1/s1. The van der Waals surface area contributed by atoms with Crippen LogP contribution in [0.15, 0.2) is 70.9 Å². The van der Waals surface area contributed by atoms with E-state index in [2.05, 4.69) is 5.32 Å². The van der Waals surface area contributed by atoms with E-state index >= 15 is 0 Å². The number of methoxy groups -OCH3 is 3. The SMILES string of the molecule is CO/C1=C\C(C)=C\[C@@H](C)[C@H](O)[C@H](C)C/C(C)=C/C=C/[C@@H](OC)[C@H]([C@H](C)[C@H](O)[C@H](C)[C@@]2(OC)C[C@@H](OC(=O)/C=C/C(=O)NC3=C(O)CCC3=O)[C@H](C)[C@@H](C(C)C)O2)OC1=O. The summed E-state index contributed by atoms with van der Waals surface area (Å²) < 4.78 is 36.3. The topological polar surface area (TPSA) is 196 Å². The molecule has 0 radical (unpaired) electrons. The van der Waals surface area contributed by atoms with E-state index < -0.39 is 77.9 Å². The summed E-state index contributed by atoms with van der Waals surface area (Å²) >= 11 is 0. The molecule has 0 aromatic carbocycles. The number of esters is 2. The number of ether oxygens (including phenoxy) is 6. The number of aliphatic hydroxyl groups excluding tert-OH is 3. The van der Waals surface area contributed by atoms with E-state index in [0.717, 1.165) is 17.7 Å². The maximum atomic E-state index is 13.8. The molecule has 12 atom stereocenters. The van der Waals surface area contributed by atoms with Crippen LogP contribution in [0.5, 0.6) is 0 Å². The van der Waals surface area contributed by atoms with Crippen LogP contribution in [0, 0.1) is 35.5 Å². The monoisotopic (exact) mass is 829 g/mol. The zero-order valence-corrected chi connectivity index (χ0v) is 36.7. The maximum absolute atomic E-state index is 13.8. The van der Waals surface area contributed by atoms with Gasteiger partial charge in [-0.15, -0.1) is 0 Å². The zero-order valence-electron chi connectivity index (χ0n) is 36.7. The first-order chi connectivity index (χ1) is 27.7. The molecule has 14 nitrogen and oxygen atoms in total. The Hall–Kier alpha value is -4.08. The van der Waals surface area contributed by atoms with Crippen LogP contribution in [-0.2, 0) is 47.6 Å². The van der Waals surface area contributed by atoms with Gasteiger partial charge in [0.15, 0.2) is 11.6 Å². The molecule has 14 heteroatoms. The van der Waals surface area contributed by atoms with Gasteiger partial charge in [-0.05, 0) is 38.2 Å². The van der Waals surface area contributed by atoms with Crippen molar-refractivity contribution in [2.75, 3.05) is 21.3 Å². The molecule has 0 saturated carbocycles. The zero-order chi connectivity index (χ0) is 44.4. The Bertz CT molecular complexity index is 1690. The average Bonchev–Trinajstić information content (AvgIpc) is 3.51. The number of nitrogens with one attached hydrogen (secondary N) is 1. The van der Waals surface area contributed by atoms with Crippen LogP contribution in [0.25, 0.3) is 0 Å². The van der Waals surface area contributed by atoms with Crippen LogP contribution < -0.4 is 5.32 Å². The fourth-order valence-corrected chi connectivity index (χ4v) is 8.25. The van der Waals surface area contributed by atoms with Crippen molar-refractivity contribution in [3.63, 3.8) is 0 Å². The van der Waals surface area contributed by atoms with E-state index in [-0.39, 0.29) is 60.1 Å². The highest BCUT2D eigenvalue weighted by Gasteiger charge is 2.54. The summed E-state index contributed by atoms with van der Waals surface area (Å²) in [6, 6.07) is 0. The first kappa shape index (κ1) is 49.3. The van der Waals surface area contributed by atoms with Gasteiger partial charge in [0.1, 0.15) is 29.8 Å². The molecular formula is C45H67NO13. The molecule has 4 N–H and O–H groups in total. The minimum absolute atomic E-state index is 0.00964. The number of allylic oxidation sites excluding steroid dienone is 7. The van der Waals surface area contributed by atoms with Crippen LogP contribution in [0.4, 0.5) is 0 Å². The van der Waals surface area contributed by atoms with E-state index in [1.807, 2.05) is 60.6 Å². The van der Waals surface area contributed by atoms with Gasteiger partial charge in [-0.3, -0.25) is 9.59 Å². The van der Waals surface area contributed by atoms with Gasteiger partial charge < -0.3 is 49.1 Å². The lowest BCUT2D eigenvalue weighted by molar-refractivity contribution is -0.339. The van der Waals surface area contributed by atoms with Crippen molar-refractivity contribution in [1.82, 2.24) is 5.32 Å². The second-order valence-electron chi connectivity index (χ2n) is 16.7. The van der Waals surface area contributed by atoms with Crippen molar-refractivity contribution in [3.05, 3.63) is 70.9 Å². The molecule has 0 aromatic rings.